The predicted octanol–water partition coefficient (Wildman–Crippen LogP) is 3.19. The number of phenolic OH excluding ortho intramolecular Hbond substituents is 1. The molecule has 0 aliphatic rings. The number of hydrogen-bond acceptors (Lipinski definition) is 4. The molecule has 3 N–H and O–H groups in total. The molecule has 0 saturated heterocycles. The van der Waals surface area contributed by atoms with Crippen molar-refractivity contribution >= 4 is 28.6 Å². The van der Waals surface area contributed by atoms with E-state index in [1.165, 1.54) is 24.3 Å². The molecule has 19 heavy (non-hydrogen) atoms. The van der Waals surface area contributed by atoms with Crippen LogP contribution in [0.1, 0.15) is 10.4 Å². The van der Waals surface area contributed by atoms with E-state index < -0.39 is 5.97 Å². The van der Waals surface area contributed by atoms with Crippen LogP contribution in [-0.4, -0.2) is 21.3 Å². The Balaban J connectivity index is 2.26. The molecule has 0 unspecified atom stereocenters. The molecule has 0 aliphatic carbocycles. The maximum absolute atomic E-state index is 10.7. The van der Waals surface area contributed by atoms with Crippen LogP contribution < -0.4 is 4.74 Å². The molecule has 0 saturated carbocycles. The summed E-state index contributed by atoms with van der Waals surface area (Å²) in [6.07, 6.45) is 0. The van der Waals surface area contributed by atoms with Gasteiger partial charge in [-0.05, 0) is 52.9 Å². The van der Waals surface area contributed by atoms with E-state index in [0.717, 1.165) is 0 Å². The fraction of sp³-hybridized carbons (Fsp3) is 0. The van der Waals surface area contributed by atoms with E-state index in [0.29, 0.717) is 15.1 Å². The summed E-state index contributed by atoms with van der Waals surface area (Å²) in [7, 11) is 0. The van der Waals surface area contributed by atoms with Gasteiger partial charge in [0.2, 0.25) is 0 Å². The second kappa shape index (κ2) is 5.35. The topological polar surface area (TPSA) is 87.0 Å². The molecule has 0 amide bonds. The first-order valence-electron chi connectivity index (χ1n) is 5.20. The van der Waals surface area contributed by atoms with Gasteiger partial charge in [-0.1, -0.05) is 0 Å². The van der Waals surface area contributed by atoms with Gasteiger partial charge in [0.25, 0.3) is 0 Å². The van der Waals surface area contributed by atoms with Crippen LogP contribution in [0.4, 0.5) is 0 Å². The van der Waals surface area contributed by atoms with Crippen molar-refractivity contribution in [2.45, 2.75) is 0 Å². The molecule has 98 valence electrons. The van der Waals surface area contributed by atoms with Gasteiger partial charge in [-0.25, -0.2) is 4.79 Å². The minimum atomic E-state index is -1.21. The molecule has 0 fully saturated rings. The lowest BCUT2D eigenvalue weighted by Crippen LogP contribution is -1.96. The number of aromatic hydroxyl groups is 2. The van der Waals surface area contributed by atoms with Gasteiger partial charge in [-0.3, -0.25) is 0 Å². The van der Waals surface area contributed by atoms with Gasteiger partial charge in [0, 0.05) is 6.07 Å². The van der Waals surface area contributed by atoms with Gasteiger partial charge in [0.1, 0.15) is 28.6 Å². The fourth-order valence-corrected chi connectivity index (χ4v) is 1.93. The largest absolute Gasteiger partial charge is 0.507 e. The molecule has 2 aromatic rings. The molecule has 0 aliphatic heterocycles. The van der Waals surface area contributed by atoms with Crippen molar-refractivity contribution in [2.75, 3.05) is 0 Å². The minimum absolute atomic E-state index is 0.150. The first-order chi connectivity index (χ1) is 8.97. The molecule has 0 atom stereocenters. The monoisotopic (exact) mass is 372 g/mol. The number of halogens is 1. The lowest BCUT2D eigenvalue weighted by Gasteiger charge is -2.08. The second-order valence-corrected chi connectivity index (χ2v) is 4.86. The Bertz CT molecular complexity index is 639. The minimum Gasteiger partial charge on any atom is -0.507 e. The highest BCUT2D eigenvalue weighted by atomic mass is 127. The zero-order chi connectivity index (χ0) is 14.0. The zero-order valence-electron chi connectivity index (χ0n) is 9.50. The van der Waals surface area contributed by atoms with E-state index in [4.69, 9.17) is 9.84 Å². The van der Waals surface area contributed by atoms with Crippen LogP contribution in [0, 0.1) is 3.57 Å². The van der Waals surface area contributed by atoms with Gasteiger partial charge in [-0.2, -0.15) is 0 Å². The predicted molar refractivity (Wildman–Crippen MR) is 76.0 cm³/mol. The third kappa shape index (κ3) is 3.08. The number of ether oxygens (including phenoxy) is 1. The van der Waals surface area contributed by atoms with E-state index in [9.17, 15) is 15.0 Å². The van der Waals surface area contributed by atoms with Crippen molar-refractivity contribution < 1.29 is 24.9 Å². The fourth-order valence-electron chi connectivity index (χ4n) is 1.44. The SMILES string of the molecule is O=C(O)c1ccc(Oc2ccc(O)c(I)c2)cc1O. The van der Waals surface area contributed by atoms with E-state index in [-0.39, 0.29) is 17.1 Å². The van der Waals surface area contributed by atoms with Crippen molar-refractivity contribution in [1.29, 1.82) is 0 Å². The number of aromatic carboxylic acids is 1. The number of hydrogen-bond donors (Lipinski definition) is 3. The van der Waals surface area contributed by atoms with Gasteiger partial charge in [0.15, 0.2) is 0 Å². The Morgan fingerprint density at radius 2 is 1.63 bits per heavy atom. The van der Waals surface area contributed by atoms with Crippen LogP contribution in [0.25, 0.3) is 0 Å². The maximum Gasteiger partial charge on any atom is 0.339 e. The molecule has 0 radical (unpaired) electrons. The van der Waals surface area contributed by atoms with Crippen molar-refractivity contribution in [2.24, 2.45) is 0 Å². The van der Waals surface area contributed by atoms with Crippen LogP contribution in [0.2, 0.25) is 0 Å². The number of benzene rings is 2. The molecule has 6 heteroatoms. The van der Waals surface area contributed by atoms with Gasteiger partial charge in [0.05, 0.1) is 3.57 Å². The normalized spacial score (nSPS) is 10.2. The molecule has 0 bridgehead atoms. The number of rotatable bonds is 3. The highest BCUT2D eigenvalue weighted by Crippen LogP contribution is 2.30. The van der Waals surface area contributed by atoms with Gasteiger partial charge >= 0.3 is 5.97 Å². The first kappa shape index (κ1) is 13.5. The molecule has 2 aromatic carbocycles. The quantitative estimate of drug-likeness (QED) is 0.721. The van der Waals surface area contributed by atoms with Gasteiger partial charge in [-0.15, -0.1) is 0 Å². The summed E-state index contributed by atoms with van der Waals surface area (Å²) in [5.74, 6) is -0.632. The average Bonchev–Trinajstić information content (AvgIpc) is 2.33. The maximum atomic E-state index is 10.7. The van der Waals surface area contributed by atoms with Crippen molar-refractivity contribution in [1.82, 2.24) is 0 Å². The van der Waals surface area contributed by atoms with Crippen LogP contribution >= 0.6 is 22.6 Å². The number of carboxylic acids is 1. The third-order valence-electron chi connectivity index (χ3n) is 2.35. The highest BCUT2D eigenvalue weighted by molar-refractivity contribution is 14.1. The second-order valence-electron chi connectivity index (χ2n) is 3.70. The lowest BCUT2D eigenvalue weighted by atomic mass is 10.2. The van der Waals surface area contributed by atoms with E-state index in [2.05, 4.69) is 0 Å². The number of carbonyl (C=O) groups is 1. The van der Waals surface area contributed by atoms with E-state index >= 15 is 0 Å². The Labute approximate surface area is 122 Å². The van der Waals surface area contributed by atoms with Gasteiger partial charge < -0.3 is 20.1 Å². The van der Waals surface area contributed by atoms with Crippen LogP contribution in [0.3, 0.4) is 0 Å². The smallest absolute Gasteiger partial charge is 0.339 e. The average molecular weight is 372 g/mol. The Morgan fingerprint density at radius 1 is 1.00 bits per heavy atom. The Kier molecular flexibility index (Phi) is 3.79. The van der Waals surface area contributed by atoms with Crippen LogP contribution in [0.15, 0.2) is 36.4 Å². The summed E-state index contributed by atoms with van der Waals surface area (Å²) >= 11 is 1.96. The van der Waals surface area contributed by atoms with Crippen molar-refractivity contribution in [3.8, 4) is 23.0 Å². The number of phenols is 2. The van der Waals surface area contributed by atoms with Crippen molar-refractivity contribution in [3.63, 3.8) is 0 Å². The Morgan fingerprint density at radius 3 is 2.21 bits per heavy atom. The molecular weight excluding hydrogens is 363 g/mol. The molecule has 0 spiro atoms. The van der Waals surface area contributed by atoms with E-state index in [1.54, 1.807) is 12.1 Å². The molecule has 0 heterocycles. The summed E-state index contributed by atoms with van der Waals surface area (Å²) < 4.78 is 6.09. The lowest BCUT2D eigenvalue weighted by molar-refractivity contribution is 0.0693. The standard InChI is InChI=1S/C13H9IO5/c14-10-5-7(2-4-11(10)15)19-8-1-3-9(13(17)18)12(16)6-8/h1-6,15-16H,(H,17,18). The van der Waals surface area contributed by atoms with Crippen LogP contribution in [0.5, 0.6) is 23.0 Å². The van der Waals surface area contributed by atoms with Crippen molar-refractivity contribution in [3.05, 3.63) is 45.5 Å². The highest BCUT2D eigenvalue weighted by Gasteiger charge is 2.10. The zero-order valence-corrected chi connectivity index (χ0v) is 11.7. The number of carboxylic acid groups (broad SMARTS) is 1. The summed E-state index contributed by atoms with van der Waals surface area (Å²) in [5.41, 5.74) is -0.187. The first-order valence-corrected chi connectivity index (χ1v) is 6.28. The molecular formula is C13H9IO5. The summed E-state index contributed by atoms with van der Waals surface area (Å²) in [6.45, 7) is 0. The summed E-state index contributed by atoms with van der Waals surface area (Å²) in [6, 6.07) is 8.62. The summed E-state index contributed by atoms with van der Waals surface area (Å²) in [4.78, 5) is 10.7. The Hall–Kier alpha value is -1.96. The van der Waals surface area contributed by atoms with E-state index in [1.807, 2.05) is 22.6 Å². The molecule has 0 aromatic heterocycles. The molecule has 2 rings (SSSR count). The van der Waals surface area contributed by atoms with Crippen LogP contribution in [-0.2, 0) is 0 Å². The summed E-state index contributed by atoms with van der Waals surface area (Å²) in [5, 5.41) is 27.7. The third-order valence-corrected chi connectivity index (χ3v) is 3.22. The molecule has 5 nitrogen and oxygen atoms in total.